The normalized spacial score (nSPS) is 24.7. The van der Waals surface area contributed by atoms with Crippen LogP contribution in [0.25, 0.3) is 10.9 Å². The summed E-state index contributed by atoms with van der Waals surface area (Å²) in [6.07, 6.45) is 4.62. The largest absolute Gasteiger partial charge is 0.496 e. The fourth-order valence-electron chi connectivity index (χ4n) is 5.65. The minimum atomic E-state index is -0.797. The summed E-state index contributed by atoms with van der Waals surface area (Å²) in [5.74, 6) is 0.0250. The van der Waals surface area contributed by atoms with Crippen molar-refractivity contribution in [3.63, 3.8) is 0 Å². The maximum Gasteiger partial charge on any atom is 0.268 e. The molecule has 3 aliphatic carbocycles. The SMILES string of the molecule is COc1cccc2[nH]c(C(=O)N[C@@H](CC3CC3)C(=O)NC3C4c5c(cc[nH]c5=O)C[C@]34C#N)cc12. The molecule has 4 N–H and O–H groups in total. The van der Waals surface area contributed by atoms with E-state index < -0.39 is 17.5 Å². The monoisotopic (exact) mass is 471 g/mol. The maximum atomic E-state index is 13.3. The number of rotatable bonds is 7. The van der Waals surface area contributed by atoms with Gasteiger partial charge in [0.15, 0.2) is 0 Å². The molecule has 2 saturated carbocycles. The Kier molecular flexibility index (Phi) is 4.74. The number of hydrogen-bond donors (Lipinski definition) is 4. The zero-order chi connectivity index (χ0) is 24.3. The molecule has 4 atom stereocenters. The minimum absolute atomic E-state index is 0.210. The number of benzene rings is 1. The summed E-state index contributed by atoms with van der Waals surface area (Å²) in [4.78, 5) is 44.6. The number of nitrogens with one attached hydrogen (secondary N) is 4. The van der Waals surface area contributed by atoms with Crippen LogP contribution in [0, 0.1) is 22.7 Å². The molecule has 6 rings (SSSR count). The van der Waals surface area contributed by atoms with E-state index in [9.17, 15) is 19.6 Å². The molecule has 9 nitrogen and oxygen atoms in total. The average molecular weight is 472 g/mol. The van der Waals surface area contributed by atoms with Gasteiger partial charge in [-0.1, -0.05) is 18.9 Å². The molecule has 2 unspecified atom stereocenters. The number of H-pyrrole nitrogens is 2. The molecule has 178 valence electrons. The summed E-state index contributed by atoms with van der Waals surface area (Å²) in [6.45, 7) is 0. The topological polar surface area (TPSA) is 140 Å². The second-order valence-corrected chi connectivity index (χ2v) is 9.85. The molecule has 0 radical (unpaired) electrons. The van der Waals surface area contributed by atoms with Crippen molar-refractivity contribution < 1.29 is 14.3 Å². The number of nitriles is 1. The molecule has 2 amide bonds. The molecule has 0 aliphatic heterocycles. The minimum Gasteiger partial charge on any atom is -0.496 e. The van der Waals surface area contributed by atoms with Crippen LogP contribution in [0.5, 0.6) is 5.75 Å². The van der Waals surface area contributed by atoms with E-state index in [-0.39, 0.29) is 23.3 Å². The van der Waals surface area contributed by atoms with E-state index in [4.69, 9.17) is 4.74 Å². The van der Waals surface area contributed by atoms with Crippen molar-refractivity contribution in [3.05, 3.63) is 63.7 Å². The molecule has 3 aliphatic rings. The molecule has 0 saturated heterocycles. The number of carbonyl (C=O) groups excluding carboxylic acids is 2. The van der Waals surface area contributed by atoms with Crippen LogP contribution in [0.3, 0.4) is 0 Å². The second-order valence-electron chi connectivity index (χ2n) is 9.85. The van der Waals surface area contributed by atoms with Crippen molar-refractivity contribution in [1.29, 1.82) is 5.26 Å². The van der Waals surface area contributed by atoms with Crippen LogP contribution in [0.15, 0.2) is 41.3 Å². The zero-order valence-electron chi connectivity index (χ0n) is 19.2. The molecule has 2 fully saturated rings. The number of nitrogens with zero attached hydrogens (tertiary/aromatic N) is 1. The van der Waals surface area contributed by atoms with Crippen LogP contribution in [-0.4, -0.2) is 41.0 Å². The Morgan fingerprint density at radius 3 is 2.89 bits per heavy atom. The van der Waals surface area contributed by atoms with Gasteiger partial charge in [-0.25, -0.2) is 0 Å². The first-order chi connectivity index (χ1) is 16.9. The number of methoxy groups -OCH3 is 1. The Bertz CT molecular complexity index is 1460. The lowest BCUT2D eigenvalue weighted by molar-refractivity contribution is -0.123. The van der Waals surface area contributed by atoms with Crippen LogP contribution in [0.2, 0.25) is 0 Å². The number of pyridine rings is 1. The smallest absolute Gasteiger partial charge is 0.268 e. The fourth-order valence-corrected chi connectivity index (χ4v) is 5.65. The molecule has 3 aromatic rings. The van der Waals surface area contributed by atoms with E-state index in [0.717, 1.165) is 29.3 Å². The molecule has 2 aromatic heterocycles. The van der Waals surface area contributed by atoms with Gasteiger partial charge in [0.05, 0.1) is 24.6 Å². The van der Waals surface area contributed by atoms with Crippen molar-refractivity contribution in [2.24, 2.45) is 11.3 Å². The molecule has 2 heterocycles. The summed E-state index contributed by atoms with van der Waals surface area (Å²) in [7, 11) is 1.57. The molecule has 35 heavy (non-hydrogen) atoms. The van der Waals surface area contributed by atoms with Gasteiger partial charge in [0.1, 0.15) is 17.5 Å². The van der Waals surface area contributed by atoms with Crippen molar-refractivity contribution >= 4 is 22.7 Å². The van der Waals surface area contributed by atoms with E-state index >= 15 is 0 Å². The highest BCUT2D eigenvalue weighted by atomic mass is 16.5. The summed E-state index contributed by atoms with van der Waals surface area (Å²) in [5, 5.41) is 16.6. The summed E-state index contributed by atoms with van der Waals surface area (Å²) >= 11 is 0. The number of carbonyl (C=O) groups is 2. The molecule has 0 bridgehead atoms. The van der Waals surface area contributed by atoms with E-state index in [1.165, 1.54) is 0 Å². The number of ether oxygens (including phenoxy) is 1. The van der Waals surface area contributed by atoms with Crippen LogP contribution < -0.4 is 20.9 Å². The van der Waals surface area contributed by atoms with E-state index in [2.05, 4.69) is 26.7 Å². The number of hydrogen-bond acceptors (Lipinski definition) is 5. The highest BCUT2D eigenvalue weighted by molar-refractivity contribution is 6.01. The average Bonchev–Trinajstić information content (AvgIpc) is 3.67. The third-order valence-electron chi connectivity index (χ3n) is 7.70. The van der Waals surface area contributed by atoms with Crippen molar-refractivity contribution in [2.45, 2.75) is 43.7 Å². The Hall–Kier alpha value is -4.06. The zero-order valence-corrected chi connectivity index (χ0v) is 19.2. The predicted octanol–water partition coefficient (Wildman–Crippen LogP) is 2.11. The highest BCUT2D eigenvalue weighted by Gasteiger charge is 2.71. The van der Waals surface area contributed by atoms with Gasteiger partial charge >= 0.3 is 0 Å². The number of fused-ring (bicyclic) bond motifs is 4. The van der Waals surface area contributed by atoms with Crippen molar-refractivity contribution in [1.82, 2.24) is 20.6 Å². The summed E-state index contributed by atoms with van der Waals surface area (Å²) in [5.41, 5.74) is 1.56. The lowest BCUT2D eigenvalue weighted by Gasteiger charge is -2.19. The third-order valence-corrected chi connectivity index (χ3v) is 7.70. The lowest BCUT2D eigenvalue weighted by atomic mass is 10.0. The van der Waals surface area contributed by atoms with Crippen LogP contribution >= 0.6 is 0 Å². The van der Waals surface area contributed by atoms with Crippen LogP contribution in [0.4, 0.5) is 0 Å². The van der Waals surface area contributed by atoms with E-state index in [1.54, 1.807) is 19.4 Å². The Morgan fingerprint density at radius 2 is 2.14 bits per heavy atom. The van der Waals surface area contributed by atoms with Gasteiger partial charge in [0.25, 0.3) is 11.5 Å². The van der Waals surface area contributed by atoms with Crippen molar-refractivity contribution in [2.75, 3.05) is 7.11 Å². The summed E-state index contributed by atoms with van der Waals surface area (Å²) < 4.78 is 5.37. The van der Waals surface area contributed by atoms with E-state index in [1.807, 2.05) is 24.3 Å². The third kappa shape index (κ3) is 3.40. The predicted molar refractivity (Wildman–Crippen MR) is 127 cm³/mol. The standard InChI is InChI=1S/C26H25N5O4/c1-35-19-4-2-3-16-15(19)10-18(29-16)23(32)30-17(9-13-5-6-13)24(33)31-22-21-20-14(7-8-28-25(20)34)11-26(21,22)12-27/h2-4,7-8,10,13,17,21-22,29H,5-6,9,11H2,1H3,(H,28,34)(H,30,32)(H,31,33)/t17-,21?,22?,26+/m0/s1. The van der Waals surface area contributed by atoms with Crippen LogP contribution in [-0.2, 0) is 11.2 Å². The molecule has 0 spiro atoms. The van der Waals surface area contributed by atoms with Gasteiger partial charge in [0.2, 0.25) is 5.91 Å². The first-order valence-corrected chi connectivity index (χ1v) is 11.8. The Morgan fingerprint density at radius 1 is 1.31 bits per heavy atom. The second kappa shape index (κ2) is 7.73. The molecule has 9 heteroatoms. The fraction of sp³-hybridized carbons (Fsp3) is 0.385. The first kappa shape index (κ1) is 21.5. The number of amides is 2. The maximum absolute atomic E-state index is 13.3. The van der Waals surface area contributed by atoms with Gasteiger partial charge in [-0.15, -0.1) is 0 Å². The van der Waals surface area contributed by atoms with Gasteiger partial charge in [-0.3, -0.25) is 14.4 Å². The molecule has 1 aromatic carbocycles. The quantitative estimate of drug-likeness (QED) is 0.418. The molecular weight excluding hydrogens is 446 g/mol. The van der Waals surface area contributed by atoms with Crippen molar-refractivity contribution in [3.8, 4) is 11.8 Å². The Balaban J connectivity index is 1.21. The Labute approximate surface area is 200 Å². The van der Waals surface area contributed by atoms with Gasteiger partial charge in [0, 0.05) is 28.6 Å². The highest BCUT2D eigenvalue weighted by Crippen LogP contribution is 2.65. The van der Waals surface area contributed by atoms with Gasteiger partial charge in [-0.2, -0.15) is 5.26 Å². The van der Waals surface area contributed by atoms with Crippen LogP contribution in [0.1, 0.15) is 46.8 Å². The van der Waals surface area contributed by atoms with E-state index in [0.29, 0.717) is 35.8 Å². The van der Waals surface area contributed by atoms with Gasteiger partial charge in [-0.05, 0) is 48.6 Å². The lowest BCUT2D eigenvalue weighted by Crippen LogP contribution is -2.48. The molecular formula is C26H25N5O4. The van der Waals surface area contributed by atoms with Gasteiger partial charge < -0.3 is 25.3 Å². The summed E-state index contributed by atoms with van der Waals surface area (Å²) in [6, 6.07) is 10.2. The first-order valence-electron chi connectivity index (χ1n) is 11.8. The number of aromatic amines is 2. The number of aromatic nitrogens is 2.